The number of carbonyl (C=O) groups is 3. The van der Waals surface area contributed by atoms with E-state index in [1.807, 2.05) is 61.5 Å². The monoisotopic (exact) mass is 474 g/mol. The third-order valence-electron chi connectivity index (χ3n) is 5.44. The lowest BCUT2D eigenvalue weighted by atomic mass is 10.0. The molecule has 0 saturated carbocycles. The lowest BCUT2D eigenvalue weighted by Crippen LogP contribution is -2.36. The standard InChI is InChI=1S/C27H26N2O4S/c1-3-4-14-33-23-13-12-19-9-5-6-11-21(19)22(23)16-24-26(31)29(27(32)34-24)17-25(30)28-20-10-7-8-18(2)15-20/h5-13,15-16H,3-4,14,17H2,1-2H3,(H,28,30)/b24-16-. The summed E-state index contributed by atoms with van der Waals surface area (Å²) in [5, 5.41) is 4.21. The maximum Gasteiger partial charge on any atom is 0.294 e. The van der Waals surface area contributed by atoms with Crippen LogP contribution in [0, 0.1) is 6.92 Å². The molecule has 7 heteroatoms. The molecular formula is C27H26N2O4S. The van der Waals surface area contributed by atoms with Crippen LogP contribution in [0.15, 0.2) is 65.6 Å². The first kappa shape index (κ1) is 23.6. The highest BCUT2D eigenvalue weighted by Gasteiger charge is 2.36. The number of hydrogen-bond acceptors (Lipinski definition) is 5. The number of aryl methyl sites for hydroxylation is 1. The van der Waals surface area contributed by atoms with Crippen molar-refractivity contribution in [3.63, 3.8) is 0 Å². The summed E-state index contributed by atoms with van der Waals surface area (Å²) < 4.78 is 6.00. The molecule has 3 amide bonds. The molecule has 3 aromatic carbocycles. The van der Waals surface area contributed by atoms with E-state index in [-0.39, 0.29) is 11.4 Å². The van der Waals surface area contributed by atoms with Crippen LogP contribution in [0.2, 0.25) is 0 Å². The topological polar surface area (TPSA) is 75.7 Å². The van der Waals surface area contributed by atoms with Crippen LogP contribution in [0.5, 0.6) is 5.75 Å². The van der Waals surface area contributed by atoms with Crippen molar-refractivity contribution in [2.45, 2.75) is 26.7 Å². The molecule has 1 aliphatic heterocycles. The van der Waals surface area contributed by atoms with E-state index in [2.05, 4.69) is 12.2 Å². The number of carbonyl (C=O) groups excluding carboxylic acids is 3. The molecule has 1 N–H and O–H groups in total. The van der Waals surface area contributed by atoms with Gasteiger partial charge in [0.15, 0.2) is 0 Å². The van der Waals surface area contributed by atoms with E-state index in [9.17, 15) is 14.4 Å². The Labute approximate surface area is 203 Å². The number of unbranched alkanes of at least 4 members (excludes halogenated alkanes) is 1. The zero-order valence-electron chi connectivity index (χ0n) is 19.2. The summed E-state index contributed by atoms with van der Waals surface area (Å²) in [4.78, 5) is 39.4. The molecule has 174 valence electrons. The van der Waals surface area contributed by atoms with Gasteiger partial charge in [0.05, 0.1) is 11.5 Å². The molecule has 4 rings (SSSR count). The van der Waals surface area contributed by atoms with Crippen molar-refractivity contribution in [2.24, 2.45) is 0 Å². The molecule has 6 nitrogen and oxygen atoms in total. The molecule has 0 bridgehead atoms. The minimum Gasteiger partial charge on any atom is -0.493 e. The summed E-state index contributed by atoms with van der Waals surface area (Å²) >= 11 is 0.836. The number of benzene rings is 3. The minimum atomic E-state index is -0.484. The van der Waals surface area contributed by atoms with Gasteiger partial charge in [0.1, 0.15) is 12.3 Å². The fraction of sp³-hybridized carbons (Fsp3) is 0.222. The predicted octanol–water partition coefficient (Wildman–Crippen LogP) is 6.00. The summed E-state index contributed by atoms with van der Waals surface area (Å²) in [6.45, 7) is 4.24. The van der Waals surface area contributed by atoms with Crippen LogP contribution in [0.3, 0.4) is 0 Å². The van der Waals surface area contributed by atoms with Gasteiger partial charge in [-0.15, -0.1) is 0 Å². The Hall–Kier alpha value is -3.58. The van der Waals surface area contributed by atoms with E-state index in [4.69, 9.17) is 4.74 Å². The fourth-order valence-electron chi connectivity index (χ4n) is 3.71. The van der Waals surface area contributed by atoms with Crippen LogP contribution in [0.25, 0.3) is 16.8 Å². The number of imide groups is 1. The average molecular weight is 475 g/mol. The smallest absolute Gasteiger partial charge is 0.294 e. The molecule has 1 heterocycles. The normalized spacial score (nSPS) is 14.8. The second-order valence-corrected chi connectivity index (χ2v) is 9.08. The first-order valence-electron chi connectivity index (χ1n) is 11.2. The summed E-state index contributed by atoms with van der Waals surface area (Å²) in [7, 11) is 0. The minimum absolute atomic E-state index is 0.269. The van der Waals surface area contributed by atoms with Crippen LogP contribution < -0.4 is 10.1 Å². The number of anilines is 1. The summed E-state index contributed by atoms with van der Waals surface area (Å²) in [6.07, 6.45) is 3.62. The van der Waals surface area contributed by atoms with Gasteiger partial charge in [0, 0.05) is 11.3 Å². The van der Waals surface area contributed by atoms with Gasteiger partial charge in [-0.2, -0.15) is 0 Å². The van der Waals surface area contributed by atoms with Gasteiger partial charge in [-0.3, -0.25) is 19.3 Å². The number of ether oxygens (including phenoxy) is 1. The first-order chi connectivity index (χ1) is 16.5. The van der Waals surface area contributed by atoms with Gasteiger partial charge in [-0.05, 0) is 65.7 Å². The molecule has 0 aliphatic carbocycles. The molecule has 34 heavy (non-hydrogen) atoms. The molecular weight excluding hydrogens is 448 g/mol. The molecule has 0 unspecified atom stereocenters. The van der Waals surface area contributed by atoms with Crippen molar-refractivity contribution >= 4 is 51.4 Å². The van der Waals surface area contributed by atoms with E-state index in [0.29, 0.717) is 18.0 Å². The molecule has 0 aromatic heterocycles. The SMILES string of the molecule is CCCCOc1ccc2ccccc2c1/C=C1\SC(=O)N(CC(=O)Nc2cccc(C)c2)C1=O. The molecule has 0 spiro atoms. The molecule has 1 aliphatic rings. The number of hydrogen-bond donors (Lipinski definition) is 1. The molecule has 1 saturated heterocycles. The van der Waals surface area contributed by atoms with Crippen molar-refractivity contribution < 1.29 is 19.1 Å². The highest BCUT2D eigenvalue weighted by Crippen LogP contribution is 2.36. The van der Waals surface area contributed by atoms with Crippen molar-refractivity contribution in [3.8, 4) is 5.75 Å². The van der Waals surface area contributed by atoms with Gasteiger partial charge >= 0.3 is 0 Å². The summed E-state index contributed by atoms with van der Waals surface area (Å²) in [6, 6.07) is 19.0. The van der Waals surface area contributed by atoms with Crippen LogP contribution in [-0.2, 0) is 9.59 Å². The summed E-state index contributed by atoms with van der Waals surface area (Å²) in [5.74, 6) is -0.249. The fourth-order valence-corrected chi connectivity index (χ4v) is 4.53. The van der Waals surface area contributed by atoms with Crippen LogP contribution in [-0.4, -0.2) is 35.1 Å². The number of thioether (sulfide) groups is 1. The average Bonchev–Trinajstić information content (AvgIpc) is 3.07. The second-order valence-electron chi connectivity index (χ2n) is 8.09. The quantitative estimate of drug-likeness (QED) is 0.320. The van der Waals surface area contributed by atoms with E-state index in [1.54, 1.807) is 12.1 Å². The van der Waals surface area contributed by atoms with Gasteiger partial charge < -0.3 is 10.1 Å². The molecule has 1 fully saturated rings. The molecule has 3 aromatic rings. The van der Waals surface area contributed by atoms with E-state index >= 15 is 0 Å². The maximum atomic E-state index is 13.1. The number of nitrogens with one attached hydrogen (secondary N) is 1. The number of amides is 3. The van der Waals surface area contributed by atoms with Crippen molar-refractivity contribution in [2.75, 3.05) is 18.5 Å². The zero-order chi connectivity index (χ0) is 24.1. The molecule has 0 atom stereocenters. The lowest BCUT2D eigenvalue weighted by Gasteiger charge is -2.13. The predicted molar refractivity (Wildman–Crippen MR) is 137 cm³/mol. The lowest BCUT2D eigenvalue weighted by molar-refractivity contribution is -0.127. The Morgan fingerprint density at radius 1 is 1.09 bits per heavy atom. The Bertz CT molecular complexity index is 1280. The van der Waals surface area contributed by atoms with Crippen LogP contribution in [0.4, 0.5) is 10.5 Å². The van der Waals surface area contributed by atoms with E-state index in [0.717, 1.165) is 51.4 Å². The highest BCUT2D eigenvalue weighted by atomic mass is 32.2. The Kier molecular flexibility index (Phi) is 7.33. The number of nitrogens with zero attached hydrogens (tertiary/aromatic N) is 1. The Balaban J connectivity index is 1.58. The zero-order valence-corrected chi connectivity index (χ0v) is 20.0. The Morgan fingerprint density at radius 2 is 1.91 bits per heavy atom. The van der Waals surface area contributed by atoms with E-state index in [1.165, 1.54) is 0 Å². The van der Waals surface area contributed by atoms with Gasteiger partial charge in [-0.25, -0.2) is 0 Å². The van der Waals surface area contributed by atoms with Gasteiger partial charge in [-0.1, -0.05) is 55.8 Å². The van der Waals surface area contributed by atoms with Gasteiger partial charge in [0.2, 0.25) is 5.91 Å². The van der Waals surface area contributed by atoms with Crippen LogP contribution >= 0.6 is 11.8 Å². The van der Waals surface area contributed by atoms with Crippen molar-refractivity contribution in [1.29, 1.82) is 0 Å². The Morgan fingerprint density at radius 3 is 2.71 bits per heavy atom. The van der Waals surface area contributed by atoms with Crippen molar-refractivity contribution in [1.82, 2.24) is 4.90 Å². The van der Waals surface area contributed by atoms with Gasteiger partial charge in [0.25, 0.3) is 11.1 Å². The van der Waals surface area contributed by atoms with Crippen molar-refractivity contribution in [3.05, 3.63) is 76.7 Å². The first-order valence-corrected chi connectivity index (χ1v) is 12.0. The second kappa shape index (κ2) is 10.6. The highest BCUT2D eigenvalue weighted by molar-refractivity contribution is 8.18. The number of rotatable bonds is 8. The van der Waals surface area contributed by atoms with E-state index < -0.39 is 17.1 Å². The molecule has 0 radical (unpaired) electrons. The van der Waals surface area contributed by atoms with Crippen LogP contribution in [0.1, 0.15) is 30.9 Å². The summed E-state index contributed by atoms with van der Waals surface area (Å²) in [5.41, 5.74) is 2.38. The third-order valence-corrected chi connectivity index (χ3v) is 6.35. The largest absolute Gasteiger partial charge is 0.493 e. The number of fused-ring (bicyclic) bond motifs is 1. The maximum absolute atomic E-state index is 13.1. The third kappa shape index (κ3) is 5.31.